The molecule has 2 aromatic heterocycles. The van der Waals surface area contributed by atoms with Gasteiger partial charge in [0.1, 0.15) is 17.8 Å². The summed E-state index contributed by atoms with van der Waals surface area (Å²) in [6, 6.07) is 11.7. The number of rotatable bonds is 18. The molecule has 2 aromatic carbocycles. The molecule has 2 aliphatic heterocycles. The van der Waals surface area contributed by atoms with Crippen LogP contribution in [0.3, 0.4) is 0 Å². The van der Waals surface area contributed by atoms with Crippen LogP contribution in [0, 0.1) is 11.3 Å². The second kappa shape index (κ2) is 22.0. The van der Waals surface area contributed by atoms with E-state index in [9.17, 15) is 24.3 Å². The number of carbonyl (C=O) groups is 4. The van der Waals surface area contributed by atoms with E-state index in [2.05, 4.69) is 58.5 Å². The predicted octanol–water partition coefficient (Wildman–Crippen LogP) is 5.62. The minimum absolute atomic E-state index is 0.0192. The first-order valence-electron chi connectivity index (χ1n) is 21.5. The Morgan fingerprint density at radius 3 is 2.41 bits per heavy atom. The minimum Gasteiger partial charge on any atom is -0.508 e. The van der Waals surface area contributed by atoms with E-state index >= 15 is 0 Å². The van der Waals surface area contributed by atoms with Gasteiger partial charge in [0.15, 0.2) is 0 Å². The number of nitrogens with zero attached hydrogens (tertiary/aromatic N) is 4. The van der Waals surface area contributed by atoms with Crippen LogP contribution in [-0.4, -0.2) is 108 Å². The van der Waals surface area contributed by atoms with Gasteiger partial charge in [0, 0.05) is 74.5 Å². The summed E-state index contributed by atoms with van der Waals surface area (Å²) in [7, 11) is 3.22. The lowest BCUT2D eigenvalue weighted by atomic mass is 9.84. The number of phenolic OH excluding ortho intramolecular Hbond substituents is 1. The molecule has 3 amide bonds. The first-order chi connectivity index (χ1) is 29.3. The van der Waals surface area contributed by atoms with Gasteiger partial charge in [0.25, 0.3) is 12.4 Å². The van der Waals surface area contributed by atoms with Crippen LogP contribution < -0.4 is 16.1 Å². The summed E-state index contributed by atoms with van der Waals surface area (Å²) in [6.07, 6.45) is 9.48. The van der Waals surface area contributed by atoms with E-state index < -0.39 is 23.4 Å². The molecule has 2 aliphatic rings. The van der Waals surface area contributed by atoms with Gasteiger partial charge in [-0.1, -0.05) is 39.8 Å². The monoisotopic (exact) mass is 839 g/mol. The molecule has 61 heavy (non-hydrogen) atoms. The van der Waals surface area contributed by atoms with E-state index in [1.165, 1.54) is 30.8 Å². The number of pyridine rings is 1. The van der Waals surface area contributed by atoms with Crippen LogP contribution in [0.4, 0.5) is 0 Å². The molecule has 330 valence electrons. The Kier molecular flexibility index (Phi) is 16.8. The molecule has 2 saturated heterocycles. The number of carbonyl (C=O) groups excluding carboxylic acids is 4. The molecule has 14 nitrogen and oxygen atoms in total. The third kappa shape index (κ3) is 12.0. The summed E-state index contributed by atoms with van der Waals surface area (Å²) in [5.74, 6) is -0.894. The van der Waals surface area contributed by atoms with Crippen molar-refractivity contribution < 1.29 is 33.8 Å². The number of aryl methyl sites for hydroxylation is 1. The maximum absolute atomic E-state index is 14.0. The topological polar surface area (TPSA) is 167 Å². The third-order valence-electron chi connectivity index (χ3n) is 11.4. The highest BCUT2D eigenvalue weighted by atomic mass is 16.5. The number of hydrogen-bond donors (Lipinski definition) is 4. The first-order valence-corrected chi connectivity index (χ1v) is 21.5. The smallest absolute Gasteiger partial charge is 0.293 e. The molecule has 4 aromatic rings. The molecule has 4 N–H and O–H groups in total. The summed E-state index contributed by atoms with van der Waals surface area (Å²) >= 11 is 0. The molecule has 4 heterocycles. The van der Waals surface area contributed by atoms with Crippen molar-refractivity contribution in [3.63, 3.8) is 0 Å². The molecule has 14 heteroatoms. The number of likely N-dealkylation sites (N-methyl/N-ethyl adjacent to an activating group) is 1. The summed E-state index contributed by atoms with van der Waals surface area (Å²) in [5, 5.41) is 19.8. The number of ether oxygens (including phenoxy) is 2. The van der Waals surface area contributed by atoms with E-state index in [-0.39, 0.29) is 30.6 Å². The fourth-order valence-corrected chi connectivity index (χ4v) is 8.49. The zero-order chi connectivity index (χ0) is 44.1. The number of nitrogens with one attached hydrogen (secondary N) is 3. The van der Waals surface area contributed by atoms with E-state index in [1.54, 1.807) is 37.5 Å². The zero-order valence-electron chi connectivity index (χ0n) is 37.0. The predicted molar refractivity (Wildman–Crippen MR) is 237 cm³/mol. The quantitative estimate of drug-likeness (QED) is 0.0924. The van der Waals surface area contributed by atoms with Gasteiger partial charge in [0.05, 0.1) is 18.9 Å². The molecule has 0 spiro atoms. The molecular formula is C47H65N7O7. The molecule has 2 fully saturated rings. The Bertz CT molecular complexity index is 2100. The minimum atomic E-state index is -0.962. The molecule has 0 saturated carbocycles. The van der Waals surface area contributed by atoms with Crippen molar-refractivity contribution in [2.24, 2.45) is 11.3 Å². The largest absolute Gasteiger partial charge is 0.508 e. The van der Waals surface area contributed by atoms with Crippen molar-refractivity contribution in [2.45, 2.75) is 98.4 Å². The lowest BCUT2D eigenvalue weighted by Crippen LogP contribution is -2.58. The van der Waals surface area contributed by atoms with Crippen LogP contribution >= 0.6 is 0 Å². The number of aromatic hydroxyl groups is 1. The maximum atomic E-state index is 14.0. The molecule has 0 aliphatic carbocycles. The fraction of sp³-hybridized carbons (Fsp3) is 0.511. The number of amides is 3. The normalized spacial score (nSPS) is 15.2. The highest BCUT2D eigenvalue weighted by Crippen LogP contribution is 2.41. The number of fused-ring (bicyclic) bond motifs is 1. The lowest BCUT2D eigenvalue weighted by Gasteiger charge is -2.33. The highest BCUT2D eigenvalue weighted by Gasteiger charge is 2.33. The fourth-order valence-electron chi connectivity index (χ4n) is 8.49. The van der Waals surface area contributed by atoms with Crippen molar-refractivity contribution >= 4 is 35.6 Å². The number of benzene rings is 2. The summed E-state index contributed by atoms with van der Waals surface area (Å²) in [4.78, 5) is 56.4. The first kappa shape index (κ1) is 46.8. The van der Waals surface area contributed by atoms with Crippen molar-refractivity contribution in [2.75, 3.05) is 46.9 Å². The van der Waals surface area contributed by atoms with Crippen LogP contribution in [0.5, 0.6) is 5.75 Å². The Morgan fingerprint density at radius 2 is 1.79 bits per heavy atom. The van der Waals surface area contributed by atoms with Crippen molar-refractivity contribution in [1.82, 2.24) is 35.5 Å². The van der Waals surface area contributed by atoms with Crippen molar-refractivity contribution in [3.8, 4) is 28.1 Å². The number of hydrogen-bond acceptors (Lipinski definition) is 10. The number of hydrazine groups is 1. The Morgan fingerprint density at radius 1 is 1.03 bits per heavy atom. The van der Waals surface area contributed by atoms with E-state index in [4.69, 9.17) is 9.47 Å². The van der Waals surface area contributed by atoms with Gasteiger partial charge in [-0.3, -0.25) is 29.2 Å². The van der Waals surface area contributed by atoms with Crippen LogP contribution in [0.25, 0.3) is 33.3 Å². The van der Waals surface area contributed by atoms with Gasteiger partial charge in [0.2, 0.25) is 12.3 Å². The standard InChI is InChI=1S/C43H56N6O7.C4H9N/c1-8-48-38-12-11-30(21-34(38)35(22-43(4,5)25-56-27-51)40(48)36-23-44-15-13-31(36)24-55-7)32-17-29(18-33(52)20-32)19-37(42(54)49-16-10-9-14-45-49)46-41(53)39(28(2)3)47(6)26-50;1-2-4-5-3-1/h11-13,15,17-18,20-21,23,26-28,37,39,45,52H,8-10,14,16,19,22,24-25H2,1-7H3,(H,46,53);5H,1-4H2. The van der Waals surface area contributed by atoms with Crippen molar-refractivity contribution in [3.05, 3.63) is 71.5 Å². The van der Waals surface area contributed by atoms with Gasteiger partial charge in [-0.25, -0.2) is 5.43 Å². The third-order valence-corrected chi connectivity index (χ3v) is 11.4. The molecule has 0 radical (unpaired) electrons. The second-order valence-corrected chi connectivity index (χ2v) is 17.2. The maximum Gasteiger partial charge on any atom is 0.293 e. The zero-order valence-corrected chi connectivity index (χ0v) is 37.0. The van der Waals surface area contributed by atoms with Gasteiger partial charge in [-0.15, -0.1) is 0 Å². The van der Waals surface area contributed by atoms with Gasteiger partial charge >= 0.3 is 0 Å². The van der Waals surface area contributed by atoms with E-state index in [0.717, 1.165) is 57.3 Å². The molecule has 0 bridgehead atoms. The molecule has 6 rings (SSSR count). The Hall–Kier alpha value is -5.31. The van der Waals surface area contributed by atoms with Crippen LogP contribution in [0.15, 0.2) is 54.9 Å². The van der Waals surface area contributed by atoms with Gasteiger partial charge < -0.3 is 34.7 Å². The summed E-state index contributed by atoms with van der Waals surface area (Å²) in [6.45, 7) is 15.4. The average Bonchev–Trinajstić information content (AvgIpc) is 3.93. The lowest BCUT2D eigenvalue weighted by molar-refractivity contribution is -0.142. The van der Waals surface area contributed by atoms with Crippen LogP contribution in [-0.2, 0) is 54.6 Å². The second-order valence-electron chi connectivity index (χ2n) is 17.2. The molecule has 2 atom stereocenters. The number of phenols is 1. The van der Waals surface area contributed by atoms with Crippen molar-refractivity contribution in [1.29, 1.82) is 0 Å². The summed E-state index contributed by atoms with van der Waals surface area (Å²) in [5.41, 5.74) is 10.0. The van der Waals surface area contributed by atoms with Crippen LogP contribution in [0.2, 0.25) is 0 Å². The molecular weight excluding hydrogens is 775 g/mol. The summed E-state index contributed by atoms with van der Waals surface area (Å²) < 4.78 is 13.1. The van der Waals surface area contributed by atoms with Gasteiger partial charge in [-0.2, -0.15) is 0 Å². The Balaban J connectivity index is 0.00000131. The Labute approximate surface area is 360 Å². The number of methoxy groups -OCH3 is 1. The van der Waals surface area contributed by atoms with E-state index in [1.807, 2.05) is 38.2 Å². The highest BCUT2D eigenvalue weighted by molar-refractivity contribution is 5.95. The van der Waals surface area contributed by atoms with E-state index in [0.29, 0.717) is 51.1 Å². The van der Waals surface area contributed by atoms with Gasteiger partial charge in [-0.05, 0) is 116 Å². The number of aromatic nitrogens is 2. The SMILES string of the molecule is C1CCNC1.CCn1c(-c2cnccc2COC)c(CC(C)(C)COC=O)c2cc(-c3cc(O)cc(CC(NC(=O)C(C(C)C)N(C)C=O)C(=O)N4CCCCN4)c3)ccc21. The molecule has 2 unspecified atom stereocenters. The average molecular weight is 840 g/mol. The van der Waals surface area contributed by atoms with Crippen LogP contribution in [0.1, 0.15) is 77.0 Å².